The molecule has 2 rings (SSSR count). The van der Waals surface area contributed by atoms with Crippen LogP contribution in [-0.2, 0) is 16.6 Å². The van der Waals surface area contributed by atoms with Crippen LogP contribution in [0.25, 0.3) is 0 Å². The number of nitrogens with one attached hydrogen (secondary N) is 1. The van der Waals surface area contributed by atoms with E-state index in [1.807, 2.05) is 0 Å². The third-order valence-electron chi connectivity index (χ3n) is 3.44. The van der Waals surface area contributed by atoms with Gasteiger partial charge in [0.2, 0.25) is 10.0 Å². The first kappa shape index (κ1) is 18.2. The Balaban J connectivity index is 2.40. The van der Waals surface area contributed by atoms with Crippen molar-refractivity contribution in [1.82, 2.24) is 8.87 Å². The molecule has 1 amide bonds. The number of amides is 1. The van der Waals surface area contributed by atoms with Crippen LogP contribution in [0.1, 0.15) is 15.9 Å². The summed E-state index contributed by atoms with van der Waals surface area (Å²) in [4.78, 5) is 11.3. The fourth-order valence-corrected chi connectivity index (χ4v) is 3.56. The number of aromatic nitrogens is 1. The molecule has 1 aromatic heterocycles. The lowest BCUT2D eigenvalue weighted by Gasteiger charge is -2.14. The van der Waals surface area contributed by atoms with Crippen molar-refractivity contribution in [3.05, 3.63) is 58.2 Å². The zero-order valence-corrected chi connectivity index (χ0v) is 14.7. The highest BCUT2D eigenvalue weighted by molar-refractivity contribution is 7.89. The first-order valence-corrected chi connectivity index (χ1v) is 8.71. The zero-order chi connectivity index (χ0) is 18.1. The van der Waals surface area contributed by atoms with Gasteiger partial charge in [-0.3, -0.25) is 10.2 Å². The van der Waals surface area contributed by atoms with Gasteiger partial charge in [0.1, 0.15) is 10.4 Å². The number of nitrogens with two attached hydrogens (primary N) is 1. The predicted octanol–water partition coefficient (Wildman–Crippen LogP) is 1.02. The summed E-state index contributed by atoms with van der Waals surface area (Å²) in [5, 5.41) is 8.10. The van der Waals surface area contributed by atoms with Crippen molar-refractivity contribution in [3.8, 4) is 0 Å². The van der Waals surface area contributed by atoms with Crippen LogP contribution >= 0.6 is 11.6 Å². The Hall–Kier alpha value is -2.16. The third kappa shape index (κ3) is 3.50. The van der Waals surface area contributed by atoms with Gasteiger partial charge in [0.15, 0.2) is 0 Å². The Kier molecular flexibility index (Phi) is 5.12. The van der Waals surface area contributed by atoms with Crippen LogP contribution in [-0.4, -0.2) is 37.3 Å². The van der Waals surface area contributed by atoms with Crippen molar-refractivity contribution in [3.63, 3.8) is 0 Å². The Morgan fingerprint density at radius 3 is 2.54 bits per heavy atom. The van der Waals surface area contributed by atoms with Gasteiger partial charge in [0.25, 0.3) is 5.91 Å². The van der Waals surface area contributed by atoms with Crippen LogP contribution < -0.4 is 11.2 Å². The molecule has 0 atom stereocenters. The van der Waals surface area contributed by atoms with Crippen molar-refractivity contribution in [1.29, 1.82) is 5.41 Å². The van der Waals surface area contributed by atoms with Gasteiger partial charge < -0.3 is 10.3 Å². The molecular formula is C15H17ClN4O3S. The number of sulfonamides is 1. The van der Waals surface area contributed by atoms with Crippen LogP contribution in [0.2, 0.25) is 5.02 Å². The molecule has 1 aromatic carbocycles. The van der Waals surface area contributed by atoms with Gasteiger partial charge >= 0.3 is 0 Å². The molecule has 0 aliphatic rings. The maximum Gasteiger partial charge on any atom is 0.252 e. The minimum absolute atomic E-state index is 0.0138. The molecule has 0 spiro atoms. The molecule has 0 aliphatic heterocycles. The summed E-state index contributed by atoms with van der Waals surface area (Å²) in [5.41, 5.74) is 6.01. The lowest BCUT2D eigenvalue weighted by atomic mass is 10.2. The van der Waals surface area contributed by atoms with Crippen LogP contribution in [0, 0.1) is 5.41 Å². The van der Waals surface area contributed by atoms with Gasteiger partial charge in [-0.25, -0.2) is 12.7 Å². The van der Waals surface area contributed by atoms with Crippen molar-refractivity contribution < 1.29 is 13.2 Å². The van der Waals surface area contributed by atoms with E-state index in [0.29, 0.717) is 5.56 Å². The minimum Gasteiger partial charge on any atom is -0.365 e. The number of hydrogen-bond donors (Lipinski definition) is 2. The molecule has 0 radical (unpaired) electrons. The second kappa shape index (κ2) is 6.76. The molecule has 9 heteroatoms. The second-order valence-corrected chi connectivity index (χ2v) is 7.84. The lowest BCUT2D eigenvalue weighted by molar-refractivity contribution is 0.0997. The molecule has 0 bridgehead atoms. The second-order valence-electron chi connectivity index (χ2n) is 5.31. The molecule has 0 saturated carbocycles. The highest BCUT2D eigenvalue weighted by atomic mass is 35.5. The molecule has 0 aliphatic carbocycles. The van der Waals surface area contributed by atoms with Crippen molar-refractivity contribution >= 4 is 27.5 Å². The average molecular weight is 369 g/mol. The smallest absolute Gasteiger partial charge is 0.252 e. The van der Waals surface area contributed by atoms with E-state index in [-0.39, 0.29) is 27.5 Å². The molecule has 7 nitrogen and oxygen atoms in total. The first-order valence-electron chi connectivity index (χ1n) is 6.89. The Morgan fingerprint density at radius 1 is 1.33 bits per heavy atom. The minimum atomic E-state index is -3.63. The molecule has 2 aromatic rings. The average Bonchev–Trinajstić information content (AvgIpc) is 2.48. The zero-order valence-electron chi connectivity index (χ0n) is 13.2. The largest absolute Gasteiger partial charge is 0.365 e. The number of carbonyl (C=O) groups is 1. The lowest BCUT2D eigenvalue weighted by Crippen LogP contribution is -2.29. The van der Waals surface area contributed by atoms with Gasteiger partial charge in [0.05, 0.1) is 10.6 Å². The van der Waals surface area contributed by atoms with Gasteiger partial charge in [-0.15, -0.1) is 0 Å². The fourth-order valence-electron chi connectivity index (χ4n) is 2.13. The molecule has 0 saturated heterocycles. The number of hydrogen-bond acceptors (Lipinski definition) is 4. The Labute approximate surface area is 144 Å². The number of carbonyl (C=O) groups excluding carboxylic acids is 1. The van der Waals surface area contributed by atoms with E-state index in [1.165, 1.54) is 36.9 Å². The van der Waals surface area contributed by atoms with E-state index in [9.17, 15) is 13.2 Å². The van der Waals surface area contributed by atoms with Gasteiger partial charge in [0, 0.05) is 26.8 Å². The number of rotatable bonds is 5. The number of benzene rings is 1. The predicted molar refractivity (Wildman–Crippen MR) is 90.2 cm³/mol. The first-order chi connectivity index (χ1) is 11.1. The van der Waals surface area contributed by atoms with Gasteiger partial charge in [-0.05, 0) is 29.8 Å². The number of primary amides is 1. The van der Waals surface area contributed by atoms with E-state index >= 15 is 0 Å². The van der Waals surface area contributed by atoms with Crippen molar-refractivity contribution in [2.24, 2.45) is 5.73 Å². The van der Waals surface area contributed by atoms with Crippen LogP contribution in [0.5, 0.6) is 0 Å². The Morgan fingerprint density at radius 2 is 2.00 bits per heavy atom. The summed E-state index contributed by atoms with van der Waals surface area (Å²) in [6.07, 6.45) is 1.63. The molecule has 1 heterocycles. The third-order valence-corrected chi connectivity index (χ3v) is 5.74. The summed E-state index contributed by atoms with van der Waals surface area (Å²) in [7, 11) is -0.772. The molecule has 0 fully saturated rings. The topological polar surface area (TPSA) is 109 Å². The molecule has 3 N–H and O–H groups in total. The summed E-state index contributed by atoms with van der Waals surface area (Å²) in [6.45, 7) is 0.252. The van der Waals surface area contributed by atoms with Gasteiger partial charge in [-0.2, -0.15) is 0 Å². The van der Waals surface area contributed by atoms with Crippen molar-refractivity contribution in [2.75, 3.05) is 14.1 Å². The fraction of sp³-hybridized carbons (Fsp3) is 0.200. The number of pyridine rings is 1. The highest BCUT2D eigenvalue weighted by Gasteiger charge is 2.20. The summed E-state index contributed by atoms with van der Waals surface area (Å²) < 4.78 is 26.9. The SMILES string of the molecule is CN(C)S(=O)(=O)c1ccc(Cn2cccc(C(N)=O)c2=N)cc1Cl. The van der Waals surface area contributed by atoms with E-state index in [0.717, 1.165) is 4.31 Å². The summed E-state index contributed by atoms with van der Waals surface area (Å²) >= 11 is 6.11. The number of halogens is 1. The van der Waals surface area contributed by atoms with Crippen LogP contribution in [0.15, 0.2) is 41.4 Å². The number of nitrogens with zero attached hydrogens (tertiary/aromatic N) is 2. The van der Waals surface area contributed by atoms with Crippen LogP contribution in [0.4, 0.5) is 0 Å². The summed E-state index contributed by atoms with van der Waals surface area (Å²) in [5.74, 6) is -0.681. The van der Waals surface area contributed by atoms with Gasteiger partial charge in [-0.1, -0.05) is 17.7 Å². The Bertz CT molecular complexity index is 951. The summed E-state index contributed by atoms with van der Waals surface area (Å²) in [6, 6.07) is 7.66. The molecule has 0 unspecified atom stereocenters. The highest BCUT2D eigenvalue weighted by Crippen LogP contribution is 2.24. The normalized spacial score (nSPS) is 11.7. The van der Waals surface area contributed by atoms with E-state index < -0.39 is 15.9 Å². The van der Waals surface area contributed by atoms with E-state index in [1.54, 1.807) is 18.3 Å². The van der Waals surface area contributed by atoms with Crippen LogP contribution in [0.3, 0.4) is 0 Å². The standard InChI is InChI=1S/C15H17ClN4O3S/c1-19(2)24(22,23)13-6-5-10(8-12(13)16)9-20-7-3-4-11(14(20)17)15(18)21/h3-8,17H,9H2,1-2H3,(H2,18,21). The molecular weight excluding hydrogens is 352 g/mol. The maximum absolute atomic E-state index is 12.2. The van der Waals surface area contributed by atoms with E-state index in [2.05, 4.69) is 0 Å². The monoisotopic (exact) mass is 368 g/mol. The van der Waals surface area contributed by atoms with Crippen molar-refractivity contribution in [2.45, 2.75) is 11.4 Å². The quantitative estimate of drug-likeness (QED) is 0.822. The molecule has 128 valence electrons. The van der Waals surface area contributed by atoms with E-state index in [4.69, 9.17) is 22.7 Å². The molecule has 24 heavy (non-hydrogen) atoms. The maximum atomic E-state index is 12.2.